The Bertz CT molecular complexity index is 659. The molecule has 1 saturated heterocycles. The third-order valence-electron chi connectivity index (χ3n) is 4.49. The van der Waals surface area contributed by atoms with Crippen LogP contribution in [0.15, 0.2) is 35.3 Å². The van der Waals surface area contributed by atoms with Crippen molar-refractivity contribution in [2.75, 3.05) is 13.1 Å². The van der Waals surface area contributed by atoms with Crippen molar-refractivity contribution in [2.24, 2.45) is 0 Å². The zero-order valence-electron chi connectivity index (χ0n) is 12.7. The van der Waals surface area contributed by atoms with Crippen molar-refractivity contribution in [3.8, 4) is 0 Å². The Morgan fingerprint density at radius 1 is 1.35 bits per heavy atom. The molecule has 2 aromatic heterocycles. The predicted molar refractivity (Wildman–Crippen MR) is 86.3 cm³/mol. The minimum atomic E-state index is -1.03. The molecule has 1 fully saturated rings. The van der Waals surface area contributed by atoms with E-state index in [1.165, 1.54) is 10.2 Å². The normalized spacial score (nSPS) is 17.1. The van der Waals surface area contributed by atoms with E-state index in [9.17, 15) is 14.7 Å². The van der Waals surface area contributed by atoms with Gasteiger partial charge in [-0.3, -0.25) is 9.48 Å². The molecule has 6 nitrogen and oxygen atoms in total. The van der Waals surface area contributed by atoms with Crippen molar-refractivity contribution in [1.29, 1.82) is 0 Å². The van der Waals surface area contributed by atoms with E-state index in [1.807, 2.05) is 11.4 Å². The van der Waals surface area contributed by atoms with Crippen LogP contribution in [0.2, 0.25) is 0 Å². The van der Waals surface area contributed by atoms with Crippen LogP contribution in [0.1, 0.15) is 24.8 Å². The molecule has 23 heavy (non-hydrogen) atoms. The molecule has 3 rings (SSSR count). The number of piperidine rings is 1. The Morgan fingerprint density at radius 2 is 2.13 bits per heavy atom. The zero-order chi connectivity index (χ0) is 16.3. The number of aromatic nitrogens is 2. The second-order valence-electron chi connectivity index (χ2n) is 5.80. The van der Waals surface area contributed by atoms with Crippen molar-refractivity contribution < 1.29 is 14.7 Å². The number of amides is 1. The molecule has 0 bridgehead atoms. The lowest BCUT2D eigenvalue weighted by Gasteiger charge is -2.39. The van der Waals surface area contributed by atoms with E-state index in [1.54, 1.807) is 34.7 Å². The van der Waals surface area contributed by atoms with Gasteiger partial charge in [-0.05, 0) is 34.9 Å². The number of carboxylic acids is 1. The topological polar surface area (TPSA) is 75.4 Å². The van der Waals surface area contributed by atoms with E-state index in [-0.39, 0.29) is 5.91 Å². The van der Waals surface area contributed by atoms with Crippen LogP contribution in [0.25, 0.3) is 0 Å². The Kier molecular flexibility index (Phi) is 4.47. The minimum absolute atomic E-state index is 0.0932. The average Bonchev–Trinajstić information content (AvgIpc) is 3.26. The van der Waals surface area contributed by atoms with Gasteiger partial charge in [0.05, 0.1) is 0 Å². The van der Waals surface area contributed by atoms with Crippen LogP contribution in [-0.2, 0) is 21.5 Å². The lowest BCUT2D eigenvalue weighted by atomic mass is 9.87. The van der Waals surface area contributed by atoms with Gasteiger partial charge in [0, 0.05) is 44.7 Å². The molecule has 0 atom stereocenters. The van der Waals surface area contributed by atoms with Crippen LogP contribution in [-0.4, -0.2) is 44.8 Å². The molecule has 0 aliphatic carbocycles. The van der Waals surface area contributed by atoms with E-state index < -0.39 is 11.5 Å². The van der Waals surface area contributed by atoms with E-state index in [0.717, 1.165) is 6.42 Å². The molecule has 0 spiro atoms. The molecule has 1 aliphatic rings. The highest BCUT2D eigenvalue weighted by Gasteiger charge is 2.44. The molecule has 1 aliphatic heterocycles. The molecule has 3 heterocycles. The van der Waals surface area contributed by atoms with E-state index >= 15 is 0 Å². The van der Waals surface area contributed by atoms with Crippen molar-refractivity contribution in [2.45, 2.75) is 31.2 Å². The SMILES string of the molecule is O=C(CCc1ccsc1)N1CCC(C(=O)O)(n2cccn2)CC1. The number of rotatable bonds is 5. The number of aryl methyl sites for hydroxylation is 1. The first kappa shape index (κ1) is 15.7. The Labute approximate surface area is 138 Å². The maximum absolute atomic E-state index is 12.3. The van der Waals surface area contributed by atoms with Crippen molar-refractivity contribution in [3.63, 3.8) is 0 Å². The zero-order valence-corrected chi connectivity index (χ0v) is 13.5. The number of hydrogen-bond acceptors (Lipinski definition) is 4. The van der Waals surface area contributed by atoms with Crippen molar-refractivity contribution in [3.05, 3.63) is 40.8 Å². The fraction of sp³-hybridized carbons (Fsp3) is 0.438. The number of nitrogens with zero attached hydrogens (tertiary/aromatic N) is 3. The highest BCUT2D eigenvalue weighted by molar-refractivity contribution is 7.07. The number of hydrogen-bond donors (Lipinski definition) is 1. The number of carboxylic acid groups (broad SMARTS) is 1. The number of thiophene rings is 1. The summed E-state index contributed by atoms with van der Waals surface area (Å²) >= 11 is 1.63. The van der Waals surface area contributed by atoms with Crippen LogP contribution in [0.4, 0.5) is 0 Å². The van der Waals surface area contributed by atoms with Crippen molar-refractivity contribution >= 4 is 23.2 Å². The summed E-state index contributed by atoms with van der Waals surface area (Å²) in [5, 5.41) is 17.8. The summed E-state index contributed by atoms with van der Waals surface area (Å²) < 4.78 is 1.52. The highest BCUT2D eigenvalue weighted by Crippen LogP contribution is 2.30. The fourth-order valence-corrected chi connectivity index (χ4v) is 3.74. The van der Waals surface area contributed by atoms with Crippen LogP contribution in [0.5, 0.6) is 0 Å². The number of carbonyl (C=O) groups excluding carboxylic acids is 1. The van der Waals surface area contributed by atoms with E-state index in [2.05, 4.69) is 10.5 Å². The van der Waals surface area contributed by atoms with Gasteiger partial charge in [-0.15, -0.1) is 0 Å². The van der Waals surface area contributed by atoms with Gasteiger partial charge in [0.15, 0.2) is 5.54 Å². The van der Waals surface area contributed by atoms with Crippen LogP contribution < -0.4 is 0 Å². The van der Waals surface area contributed by atoms with Crippen LogP contribution >= 0.6 is 11.3 Å². The molecule has 122 valence electrons. The lowest BCUT2D eigenvalue weighted by Crippen LogP contribution is -2.52. The highest BCUT2D eigenvalue weighted by atomic mass is 32.1. The fourth-order valence-electron chi connectivity index (χ4n) is 3.03. The van der Waals surface area contributed by atoms with Crippen LogP contribution in [0.3, 0.4) is 0 Å². The van der Waals surface area contributed by atoms with Gasteiger partial charge in [-0.2, -0.15) is 16.4 Å². The van der Waals surface area contributed by atoms with Gasteiger partial charge in [0.2, 0.25) is 5.91 Å². The predicted octanol–water partition coefficient (Wildman–Crippen LogP) is 1.98. The molecule has 0 aromatic carbocycles. The molecular formula is C16H19N3O3S. The first-order chi connectivity index (χ1) is 11.1. The largest absolute Gasteiger partial charge is 0.479 e. The second kappa shape index (κ2) is 6.54. The van der Waals surface area contributed by atoms with Crippen molar-refractivity contribution in [1.82, 2.24) is 14.7 Å². The molecule has 0 unspecified atom stereocenters. The maximum atomic E-state index is 12.3. The summed E-state index contributed by atoms with van der Waals surface area (Å²) in [4.78, 5) is 25.9. The van der Waals surface area contributed by atoms with Gasteiger partial charge in [0.1, 0.15) is 0 Å². The van der Waals surface area contributed by atoms with E-state index in [4.69, 9.17) is 0 Å². The van der Waals surface area contributed by atoms with Gasteiger partial charge in [-0.25, -0.2) is 4.79 Å². The summed E-state index contributed by atoms with van der Waals surface area (Å²) in [5.41, 5.74) is 0.143. The van der Waals surface area contributed by atoms with Crippen LogP contribution in [0, 0.1) is 0 Å². The third-order valence-corrected chi connectivity index (χ3v) is 5.22. The maximum Gasteiger partial charge on any atom is 0.331 e. The number of carbonyl (C=O) groups is 2. The summed E-state index contributed by atoms with van der Waals surface area (Å²) in [5.74, 6) is -0.790. The molecule has 0 radical (unpaired) electrons. The second-order valence-corrected chi connectivity index (χ2v) is 6.58. The standard InChI is InChI=1S/C16H19N3O3S/c20-14(3-2-13-4-11-23-12-13)18-9-5-16(6-10-18,15(21)22)19-8-1-7-17-19/h1,4,7-8,11-12H,2-3,5-6,9-10H2,(H,21,22). The quantitative estimate of drug-likeness (QED) is 0.908. The molecule has 1 amide bonds. The smallest absolute Gasteiger partial charge is 0.331 e. The molecule has 2 aromatic rings. The van der Waals surface area contributed by atoms with Gasteiger partial charge in [-0.1, -0.05) is 0 Å². The first-order valence-corrected chi connectivity index (χ1v) is 8.58. The molecular weight excluding hydrogens is 314 g/mol. The molecule has 7 heteroatoms. The molecule has 0 saturated carbocycles. The van der Waals surface area contributed by atoms with Gasteiger partial charge in [0.25, 0.3) is 0 Å². The van der Waals surface area contributed by atoms with E-state index in [0.29, 0.717) is 32.4 Å². The van der Waals surface area contributed by atoms with Gasteiger partial charge >= 0.3 is 5.97 Å². The number of likely N-dealkylation sites (tertiary alicyclic amines) is 1. The Hall–Kier alpha value is -2.15. The monoisotopic (exact) mass is 333 g/mol. The first-order valence-electron chi connectivity index (χ1n) is 7.64. The third kappa shape index (κ3) is 3.14. The molecule has 1 N–H and O–H groups in total. The summed E-state index contributed by atoms with van der Waals surface area (Å²) in [6.45, 7) is 0.906. The van der Waals surface area contributed by atoms with Gasteiger partial charge < -0.3 is 10.0 Å². The average molecular weight is 333 g/mol. The Balaban J connectivity index is 1.60. The summed E-state index contributed by atoms with van der Waals surface area (Å²) in [6, 6.07) is 3.75. The summed E-state index contributed by atoms with van der Waals surface area (Å²) in [7, 11) is 0. The number of aliphatic carboxylic acids is 1. The lowest BCUT2D eigenvalue weighted by molar-refractivity contribution is -0.153. The minimum Gasteiger partial charge on any atom is -0.479 e. The Morgan fingerprint density at radius 3 is 2.70 bits per heavy atom. The summed E-state index contributed by atoms with van der Waals surface area (Å²) in [6.07, 6.45) is 5.24.